The number of unbranched alkanes of at least 4 members (excludes halogenated alkanes) is 1. The molecular formula is C7H17BrO2Si. The molecule has 2 nitrogen and oxygen atoms in total. The van der Waals surface area contributed by atoms with Crippen molar-refractivity contribution in [1.29, 1.82) is 0 Å². The number of halogens is 1. The van der Waals surface area contributed by atoms with Gasteiger partial charge >= 0.3 is 8.56 Å². The summed E-state index contributed by atoms with van der Waals surface area (Å²) in [6, 6.07) is 1.09. The van der Waals surface area contributed by atoms with Crippen molar-refractivity contribution in [3.63, 3.8) is 0 Å². The summed E-state index contributed by atoms with van der Waals surface area (Å²) < 4.78 is 10.8. The second kappa shape index (κ2) is 6.17. The van der Waals surface area contributed by atoms with Gasteiger partial charge in [0.05, 0.1) is 0 Å². The fourth-order valence-electron chi connectivity index (χ4n) is 0.909. The molecule has 0 aliphatic heterocycles. The SMILES string of the molecule is CCCC[Si](CBr)(OC)OC. The highest BCUT2D eigenvalue weighted by molar-refractivity contribution is 9.09. The van der Waals surface area contributed by atoms with Crippen molar-refractivity contribution < 1.29 is 8.85 Å². The summed E-state index contributed by atoms with van der Waals surface area (Å²) in [6.07, 6.45) is 2.40. The number of alkyl halides is 1. The summed E-state index contributed by atoms with van der Waals surface area (Å²) in [5.74, 6) is 0. The minimum absolute atomic E-state index is 0.868. The Bertz CT molecular complexity index is 88.2. The van der Waals surface area contributed by atoms with Gasteiger partial charge in [-0.15, -0.1) is 0 Å². The van der Waals surface area contributed by atoms with Crippen LogP contribution in [-0.4, -0.2) is 27.7 Å². The van der Waals surface area contributed by atoms with Crippen LogP contribution in [-0.2, 0) is 8.85 Å². The first-order chi connectivity index (χ1) is 5.24. The van der Waals surface area contributed by atoms with Gasteiger partial charge in [-0.2, -0.15) is 0 Å². The van der Waals surface area contributed by atoms with Crippen LogP contribution in [0.2, 0.25) is 6.04 Å². The minimum atomic E-state index is -1.82. The number of hydrogen-bond acceptors (Lipinski definition) is 2. The summed E-state index contributed by atoms with van der Waals surface area (Å²) in [5.41, 5.74) is 0. The summed E-state index contributed by atoms with van der Waals surface area (Å²) in [6.45, 7) is 2.18. The van der Waals surface area contributed by atoms with Gasteiger partial charge in [-0.1, -0.05) is 35.7 Å². The summed E-state index contributed by atoms with van der Waals surface area (Å²) in [7, 11) is 1.66. The molecule has 0 aromatic carbocycles. The van der Waals surface area contributed by atoms with E-state index in [1.165, 1.54) is 12.8 Å². The van der Waals surface area contributed by atoms with E-state index in [-0.39, 0.29) is 0 Å². The average molecular weight is 241 g/mol. The molecule has 0 bridgehead atoms. The van der Waals surface area contributed by atoms with Crippen LogP contribution in [0.4, 0.5) is 0 Å². The van der Waals surface area contributed by atoms with Crippen molar-refractivity contribution in [1.82, 2.24) is 0 Å². The lowest BCUT2D eigenvalue weighted by atomic mass is 10.4. The van der Waals surface area contributed by atoms with Crippen molar-refractivity contribution in [2.45, 2.75) is 25.8 Å². The third kappa shape index (κ3) is 3.69. The molecule has 0 saturated heterocycles. The van der Waals surface area contributed by atoms with E-state index in [1.54, 1.807) is 14.2 Å². The minimum Gasteiger partial charge on any atom is -0.397 e. The summed E-state index contributed by atoms with van der Waals surface area (Å²) >= 11 is 3.44. The van der Waals surface area contributed by atoms with E-state index in [0.717, 1.165) is 11.0 Å². The number of hydrogen-bond donors (Lipinski definition) is 0. The van der Waals surface area contributed by atoms with Gasteiger partial charge in [0.1, 0.15) is 0 Å². The molecular weight excluding hydrogens is 224 g/mol. The van der Waals surface area contributed by atoms with Crippen LogP contribution in [0.3, 0.4) is 0 Å². The summed E-state index contributed by atoms with van der Waals surface area (Å²) in [5, 5.41) is 0. The molecule has 68 valence electrons. The predicted octanol–water partition coefficient (Wildman–Crippen LogP) is 2.46. The topological polar surface area (TPSA) is 18.5 Å². The number of rotatable bonds is 6. The first-order valence-electron chi connectivity index (χ1n) is 3.91. The Morgan fingerprint density at radius 1 is 1.27 bits per heavy atom. The van der Waals surface area contributed by atoms with Gasteiger partial charge in [0, 0.05) is 19.2 Å². The molecule has 0 aromatic rings. The van der Waals surface area contributed by atoms with Crippen LogP contribution < -0.4 is 0 Å². The monoisotopic (exact) mass is 240 g/mol. The Hall–Kier alpha value is 0.617. The van der Waals surface area contributed by atoms with Gasteiger partial charge in [0.2, 0.25) is 0 Å². The van der Waals surface area contributed by atoms with Crippen LogP contribution in [0.1, 0.15) is 19.8 Å². The first kappa shape index (κ1) is 11.6. The smallest absolute Gasteiger partial charge is 0.348 e. The van der Waals surface area contributed by atoms with Gasteiger partial charge in [-0.3, -0.25) is 0 Å². The largest absolute Gasteiger partial charge is 0.397 e. The molecule has 0 aromatic heterocycles. The average Bonchev–Trinajstić information content (AvgIpc) is 2.08. The molecule has 0 spiro atoms. The molecule has 0 amide bonds. The fourth-order valence-corrected chi connectivity index (χ4v) is 4.94. The van der Waals surface area contributed by atoms with Crippen molar-refractivity contribution in [3.05, 3.63) is 0 Å². The van der Waals surface area contributed by atoms with Crippen LogP contribution in [0.25, 0.3) is 0 Å². The maximum atomic E-state index is 5.41. The molecule has 0 saturated carbocycles. The van der Waals surface area contributed by atoms with Crippen LogP contribution in [0.5, 0.6) is 0 Å². The molecule has 0 aliphatic carbocycles. The standard InChI is InChI=1S/C7H17BrO2Si/c1-4-5-6-11(7-8,9-2)10-3/h4-7H2,1-3H3. The van der Waals surface area contributed by atoms with E-state index in [0.29, 0.717) is 0 Å². The molecule has 11 heavy (non-hydrogen) atoms. The molecule has 0 radical (unpaired) electrons. The zero-order valence-electron chi connectivity index (χ0n) is 7.52. The van der Waals surface area contributed by atoms with E-state index < -0.39 is 8.56 Å². The van der Waals surface area contributed by atoms with E-state index in [2.05, 4.69) is 22.9 Å². The van der Waals surface area contributed by atoms with Gasteiger partial charge in [-0.05, 0) is 6.04 Å². The Kier molecular flexibility index (Phi) is 6.51. The zero-order chi connectivity index (χ0) is 8.74. The first-order valence-corrected chi connectivity index (χ1v) is 7.26. The molecule has 4 heteroatoms. The van der Waals surface area contributed by atoms with Crippen molar-refractivity contribution >= 4 is 24.5 Å². The summed E-state index contributed by atoms with van der Waals surface area (Å²) in [4.78, 5) is 0.868. The highest BCUT2D eigenvalue weighted by Crippen LogP contribution is 2.17. The van der Waals surface area contributed by atoms with Gasteiger partial charge < -0.3 is 8.85 Å². The van der Waals surface area contributed by atoms with Gasteiger partial charge in [0.15, 0.2) is 0 Å². The fraction of sp³-hybridized carbons (Fsp3) is 1.00. The maximum Gasteiger partial charge on any atom is 0.348 e. The lowest BCUT2D eigenvalue weighted by Crippen LogP contribution is -2.42. The molecule has 0 fully saturated rings. The van der Waals surface area contributed by atoms with E-state index in [4.69, 9.17) is 8.85 Å². The van der Waals surface area contributed by atoms with Crippen LogP contribution >= 0.6 is 15.9 Å². The van der Waals surface area contributed by atoms with E-state index in [1.807, 2.05) is 0 Å². The zero-order valence-corrected chi connectivity index (χ0v) is 10.1. The maximum absolute atomic E-state index is 5.41. The molecule has 0 aliphatic rings. The Balaban J connectivity index is 3.84. The quantitative estimate of drug-likeness (QED) is 0.525. The lowest BCUT2D eigenvalue weighted by molar-refractivity contribution is 0.247. The highest BCUT2D eigenvalue weighted by Gasteiger charge is 2.32. The Morgan fingerprint density at radius 2 is 1.82 bits per heavy atom. The second-order valence-corrected chi connectivity index (χ2v) is 7.64. The second-order valence-electron chi connectivity index (χ2n) is 2.56. The van der Waals surface area contributed by atoms with Crippen molar-refractivity contribution in [2.24, 2.45) is 0 Å². The predicted molar refractivity (Wildman–Crippen MR) is 53.3 cm³/mol. The van der Waals surface area contributed by atoms with Crippen molar-refractivity contribution in [3.8, 4) is 0 Å². The normalized spacial score (nSPS) is 12.0. The molecule has 0 heterocycles. The molecule has 0 atom stereocenters. The van der Waals surface area contributed by atoms with Gasteiger partial charge in [-0.25, -0.2) is 0 Å². The van der Waals surface area contributed by atoms with E-state index in [9.17, 15) is 0 Å². The molecule has 0 unspecified atom stereocenters. The van der Waals surface area contributed by atoms with Crippen LogP contribution in [0.15, 0.2) is 0 Å². The lowest BCUT2D eigenvalue weighted by Gasteiger charge is -2.24. The third-order valence-corrected chi connectivity index (χ3v) is 7.43. The third-order valence-electron chi connectivity index (χ3n) is 1.86. The van der Waals surface area contributed by atoms with Crippen LogP contribution in [0, 0.1) is 0 Å². The van der Waals surface area contributed by atoms with Crippen molar-refractivity contribution in [2.75, 3.05) is 19.2 Å². The van der Waals surface area contributed by atoms with Gasteiger partial charge in [0.25, 0.3) is 0 Å². The van der Waals surface area contributed by atoms with E-state index >= 15 is 0 Å². The molecule has 0 rings (SSSR count). The highest BCUT2D eigenvalue weighted by atomic mass is 79.9. The Labute approximate surface area is 78.7 Å². The molecule has 0 N–H and O–H groups in total. The Morgan fingerprint density at radius 3 is 2.09 bits per heavy atom.